The van der Waals surface area contributed by atoms with Crippen LogP contribution in [-0.4, -0.2) is 63.1 Å². The van der Waals surface area contributed by atoms with E-state index >= 15 is 0 Å². The standard InChI is InChI=1S/C19H25N3O5/c1-14(23)21-9-4-10-22(12-11-21)16-7-5-15(6-8-16)20-17(19(25)27-3)13-18(24)26-2/h5-8,13,20H,4,9-12H2,1-3H3/b17-13+. The second-order valence-electron chi connectivity index (χ2n) is 6.09. The van der Waals surface area contributed by atoms with Crippen LogP contribution in [0.5, 0.6) is 0 Å². The van der Waals surface area contributed by atoms with Gasteiger partial charge in [-0.3, -0.25) is 4.79 Å². The molecule has 0 bridgehead atoms. The van der Waals surface area contributed by atoms with Gasteiger partial charge in [0.15, 0.2) is 0 Å². The molecule has 0 unspecified atom stereocenters. The highest BCUT2D eigenvalue weighted by Gasteiger charge is 2.17. The van der Waals surface area contributed by atoms with Gasteiger partial charge in [0.2, 0.25) is 5.91 Å². The fraction of sp³-hybridized carbons (Fsp3) is 0.421. The van der Waals surface area contributed by atoms with E-state index in [1.54, 1.807) is 6.92 Å². The van der Waals surface area contributed by atoms with Gasteiger partial charge in [-0.25, -0.2) is 9.59 Å². The zero-order chi connectivity index (χ0) is 19.8. The van der Waals surface area contributed by atoms with Crippen molar-refractivity contribution in [2.45, 2.75) is 13.3 Å². The van der Waals surface area contributed by atoms with E-state index in [1.807, 2.05) is 29.2 Å². The first kappa shape index (κ1) is 20.3. The summed E-state index contributed by atoms with van der Waals surface area (Å²) >= 11 is 0. The second kappa shape index (κ2) is 9.61. The minimum atomic E-state index is -0.665. The highest BCUT2D eigenvalue weighted by molar-refractivity contribution is 5.98. The van der Waals surface area contributed by atoms with Crippen molar-refractivity contribution < 1.29 is 23.9 Å². The molecule has 0 spiro atoms. The molecule has 1 heterocycles. The molecule has 8 heteroatoms. The summed E-state index contributed by atoms with van der Waals surface area (Å²) in [6.45, 7) is 4.70. The number of benzene rings is 1. The number of nitrogens with zero attached hydrogens (tertiary/aromatic N) is 2. The van der Waals surface area contributed by atoms with Gasteiger partial charge in [0.25, 0.3) is 0 Å². The fourth-order valence-electron chi connectivity index (χ4n) is 2.83. The van der Waals surface area contributed by atoms with Crippen LogP contribution in [0, 0.1) is 0 Å². The van der Waals surface area contributed by atoms with Crippen molar-refractivity contribution in [1.82, 2.24) is 4.90 Å². The summed E-state index contributed by atoms with van der Waals surface area (Å²) in [5, 5.41) is 2.87. The second-order valence-corrected chi connectivity index (χ2v) is 6.09. The van der Waals surface area contributed by atoms with E-state index in [2.05, 4.69) is 19.7 Å². The van der Waals surface area contributed by atoms with Crippen LogP contribution < -0.4 is 10.2 Å². The third kappa shape index (κ3) is 5.73. The molecular weight excluding hydrogens is 350 g/mol. The average Bonchev–Trinajstić information content (AvgIpc) is 2.93. The summed E-state index contributed by atoms with van der Waals surface area (Å²) in [4.78, 5) is 38.8. The third-order valence-corrected chi connectivity index (χ3v) is 4.32. The molecule has 1 aromatic rings. The molecule has 1 amide bonds. The topological polar surface area (TPSA) is 88.2 Å². The summed E-state index contributed by atoms with van der Waals surface area (Å²) in [6, 6.07) is 7.49. The van der Waals surface area contributed by atoms with Crippen molar-refractivity contribution in [3.8, 4) is 0 Å². The number of methoxy groups -OCH3 is 2. The zero-order valence-corrected chi connectivity index (χ0v) is 15.9. The third-order valence-electron chi connectivity index (χ3n) is 4.32. The maximum atomic E-state index is 11.8. The van der Waals surface area contributed by atoms with Gasteiger partial charge >= 0.3 is 11.9 Å². The van der Waals surface area contributed by atoms with Crippen LogP contribution in [0.15, 0.2) is 36.0 Å². The van der Waals surface area contributed by atoms with E-state index in [4.69, 9.17) is 0 Å². The van der Waals surface area contributed by atoms with E-state index in [9.17, 15) is 14.4 Å². The Kier molecular flexibility index (Phi) is 7.22. The predicted octanol–water partition coefficient (Wildman–Crippen LogP) is 1.39. The molecule has 1 aliphatic heterocycles. The molecular formula is C19H25N3O5. The van der Waals surface area contributed by atoms with Crippen molar-refractivity contribution in [3.63, 3.8) is 0 Å². The maximum Gasteiger partial charge on any atom is 0.354 e. The number of esters is 2. The Morgan fingerprint density at radius 2 is 1.70 bits per heavy atom. The minimum Gasteiger partial charge on any atom is -0.466 e. The molecule has 0 atom stereocenters. The molecule has 8 nitrogen and oxygen atoms in total. The molecule has 0 aromatic heterocycles. The van der Waals surface area contributed by atoms with E-state index in [0.717, 1.165) is 37.8 Å². The molecule has 1 saturated heterocycles. The molecule has 0 aliphatic carbocycles. The zero-order valence-electron chi connectivity index (χ0n) is 15.9. The molecule has 2 rings (SSSR count). The Morgan fingerprint density at radius 1 is 1.00 bits per heavy atom. The van der Waals surface area contributed by atoms with Gasteiger partial charge in [0, 0.05) is 44.5 Å². The highest BCUT2D eigenvalue weighted by Crippen LogP contribution is 2.21. The van der Waals surface area contributed by atoms with Crippen LogP contribution in [0.25, 0.3) is 0 Å². The van der Waals surface area contributed by atoms with Gasteiger partial charge in [-0.15, -0.1) is 0 Å². The largest absolute Gasteiger partial charge is 0.466 e. The molecule has 0 radical (unpaired) electrons. The van der Waals surface area contributed by atoms with Crippen LogP contribution in [0.1, 0.15) is 13.3 Å². The van der Waals surface area contributed by atoms with Crippen LogP contribution in [0.4, 0.5) is 11.4 Å². The molecule has 0 saturated carbocycles. The first-order chi connectivity index (χ1) is 12.9. The van der Waals surface area contributed by atoms with Gasteiger partial charge in [0.1, 0.15) is 5.70 Å². The van der Waals surface area contributed by atoms with Crippen molar-refractivity contribution >= 4 is 29.2 Å². The molecule has 27 heavy (non-hydrogen) atoms. The lowest BCUT2D eigenvalue weighted by molar-refractivity contribution is -0.138. The average molecular weight is 375 g/mol. The van der Waals surface area contributed by atoms with E-state index in [1.165, 1.54) is 14.2 Å². The Bertz CT molecular complexity index is 715. The van der Waals surface area contributed by atoms with Gasteiger partial charge < -0.3 is 24.6 Å². The number of carbonyl (C=O) groups excluding carboxylic acids is 3. The summed E-state index contributed by atoms with van der Waals surface area (Å²) in [6.07, 6.45) is 1.96. The van der Waals surface area contributed by atoms with Crippen LogP contribution in [0.2, 0.25) is 0 Å². The predicted molar refractivity (Wildman–Crippen MR) is 101 cm³/mol. The number of hydrogen-bond acceptors (Lipinski definition) is 7. The number of nitrogens with one attached hydrogen (secondary N) is 1. The molecule has 1 fully saturated rings. The first-order valence-electron chi connectivity index (χ1n) is 8.70. The van der Waals surface area contributed by atoms with E-state index < -0.39 is 11.9 Å². The van der Waals surface area contributed by atoms with E-state index in [-0.39, 0.29) is 11.6 Å². The highest BCUT2D eigenvalue weighted by atomic mass is 16.5. The van der Waals surface area contributed by atoms with Crippen LogP contribution in [0.3, 0.4) is 0 Å². The van der Waals surface area contributed by atoms with E-state index in [0.29, 0.717) is 12.2 Å². The Morgan fingerprint density at radius 3 is 2.30 bits per heavy atom. The lowest BCUT2D eigenvalue weighted by Gasteiger charge is -2.23. The summed E-state index contributed by atoms with van der Waals surface area (Å²) in [5.74, 6) is -1.22. The smallest absolute Gasteiger partial charge is 0.354 e. The van der Waals surface area contributed by atoms with Gasteiger partial charge in [-0.1, -0.05) is 0 Å². The van der Waals surface area contributed by atoms with Gasteiger partial charge in [0.05, 0.1) is 20.3 Å². The molecule has 1 aliphatic rings. The molecule has 1 aromatic carbocycles. The normalized spacial score (nSPS) is 15.0. The quantitative estimate of drug-likeness (QED) is 0.614. The fourth-order valence-corrected chi connectivity index (χ4v) is 2.83. The first-order valence-corrected chi connectivity index (χ1v) is 8.70. The number of ether oxygens (including phenoxy) is 2. The lowest BCUT2D eigenvalue weighted by atomic mass is 10.2. The Balaban J connectivity index is 2.07. The van der Waals surface area contributed by atoms with Crippen LogP contribution >= 0.6 is 0 Å². The Hall–Kier alpha value is -3.03. The summed E-state index contributed by atoms with van der Waals surface area (Å²) < 4.78 is 9.23. The number of amides is 1. The number of carbonyl (C=O) groups is 3. The number of anilines is 2. The number of hydrogen-bond donors (Lipinski definition) is 1. The van der Waals surface area contributed by atoms with Gasteiger partial charge in [-0.05, 0) is 30.7 Å². The summed E-state index contributed by atoms with van der Waals surface area (Å²) in [7, 11) is 2.47. The molecule has 146 valence electrons. The number of rotatable bonds is 5. The SMILES string of the molecule is COC(=O)/C=C(/Nc1ccc(N2CCCN(C(C)=O)CC2)cc1)C(=O)OC. The minimum absolute atomic E-state index is 0.0102. The van der Waals surface area contributed by atoms with Crippen molar-refractivity contribution in [2.75, 3.05) is 50.6 Å². The monoisotopic (exact) mass is 375 g/mol. The summed E-state index contributed by atoms with van der Waals surface area (Å²) in [5.41, 5.74) is 1.66. The van der Waals surface area contributed by atoms with Gasteiger partial charge in [-0.2, -0.15) is 0 Å². The van der Waals surface area contributed by atoms with Crippen molar-refractivity contribution in [3.05, 3.63) is 36.0 Å². The van der Waals surface area contributed by atoms with Crippen molar-refractivity contribution in [1.29, 1.82) is 0 Å². The van der Waals surface area contributed by atoms with Crippen molar-refractivity contribution in [2.24, 2.45) is 0 Å². The maximum absolute atomic E-state index is 11.8. The molecule has 1 N–H and O–H groups in total. The Labute approximate surface area is 158 Å². The van der Waals surface area contributed by atoms with Crippen LogP contribution in [-0.2, 0) is 23.9 Å². The lowest BCUT2D eigenvalue weighted by Crippen LogP contribution is -2.33.